The van der Waals surface area contributed by atoms with E-state index >= 15 is 0 Å². The third-order valence-electron chi connectivity index (χ3n) is 4.06. The minimum absolute atomic E-state index is 0.117. The lowest BCUT2D eigenvalue weighted by Gasteiger charge is -2.31. The summed E-state index contributed by atoms with van der Waals surface area (Å²) in [5.74, 6) is 0.117. The van der Waals surface area contributed by atoms with Crippen LogP contribution in [-0.4, -0.2) is 53.7 Å². The van der Waals surface area contributed by atoms with Gasteiger partial charge in [0.25, 0.3) is 0 Å². The number of aliphatic hydroxyl groups is 1. The van der Waals surface area contributed by atoms with Crippen LogP contribution in [0.25, 0.3) is 0 Å². The maximum Gasteiger partial charge on any atom is 0.234 e. The van der Waals surface area contributed by atoms with Crippen molar-refractivity contribution in [2.45, 2.75) is 56.7 Å². The van der Waals surface area contributed by atoms with Crippen LogP contribution < -0.4 is 11.1 Å². The Labute approximate surface area is 109 Å². The van der Waals surface area contributed by atoms with Gasteiger partial charge in [-0.3, -0.25) is 9.69 Å². The second-order valence-electron chi connectivity index (χ2n) is 5.69. The average Bonchev–Trinajstić information content (AvgIpc) is 2.35. The summed E-state index contributed by atoms with van der Waals surface area (Å²) >= 11 is 0. The van der Waals surface area contributed by atoms with E-state index in [4.69, 9.17) is 5.73 Å². The van der Waals surface area contributed by atoms with Gasteiger partial charge in [0, 0.05) is 25.2 Å². The minimum Gasteiger partial charge on any atom is -0.393 e. The van der Waals surface area contributed by atoms with Crippen molar-refractivity contribution >= 4 is 5.91 Å². The van der Waals surface area contributed by atoms with E-state index in [0.717, 1.165) is 51.6 Å². The maximum atomic E-state index is 11.9. The van der Waals surface area contributed by atoms with Crippen LogP contribution in [0.4, 0.5) is 0 Å². The zero-order valence-corrected chi connectivity index (χ0v) is 11.0. The van der Waals surface area contributed by atoms with Crippen molar-refractivity contribution < 1.29 is 9.90 Å². The summed E-state index contributed by atoms with van der Waals surface area (Å²) < 4.78 is 0. The molecule has 0 aromatic carbocycles. The fourth-order valence-electron chi connectivity index (χ4n) is 2.82. The number of carbonyl (C=O) groups excluding carboxylic acids is 1. The zero-order valence-electron chi connectivity index (χ0n) is 11.0. The second-order valence-corrected chi connectivity index (χ2v) is 5.69. The number of likely N-dealkylation sites (tertiary alicyclic amines) is 1. The number of nitrogens with zero attached hydrogens (tertiary/aromatic N) is 1. The molecule has 18 heavy (non-hydrogen) atoms. The third kappa shape index (κ3) is 4.23. The van der Waals surface area contributed by atoms with Gasteiger partial charge in [0.15, 0.2) is 0 Å². The van der Waals surface area contributed by atoms with E-state index in [0.29, 0.717) is 18.6 Å². The van der Waals surface area contributed by atoms with Crippen molar-refractivity contribution in [3.05, 3.63) is 0 Å². The Morgan fingerprint density at radius 1 is 1.17 bits per heavy atom. The van der Waals surface area contributed by atoms with E-state index < -0.39 is 0 Å². The topological polar surface area (TPSA) is 78.6 Å². The SMILES string of the molecule is N[C@H]1CC[C@H](NC(=O)CN2CCC(O)CC2)CC1. The molecule has 0 atom stereocenters. The van der Waals surface area contributed by atoms with Gasteiger partial charge in [0.1, 0.15) is 0 Å². The van der Waals surface area contributed by atoms with Crippen molar-refractivity contribution in [1.29, 1.82) is 0 Å². The van der Waals surface area contributed by atoms with Crippen LogP contribution in [0.3, 0.4) is 0 Å². The normalized spacial score (nSPS) is 31.2. The summed E-state index contributed by atoms with van der Waals surface area (Å²) in [5, 5.41) is 12.5. The van der Waals surface area contributed by atoms with E-state index in [1.165, 1.54) is 0 Å². The lowest BCUT2D eigenvalue weighted by molar-refractivity contribution is -0.123. The Morgan fingerprint density at radius 3 is 2.39 bits per heavy atom. The summed E-state index contributed by atoms with van der Waals surface area (Å²) in [4.78, 5) is 14.0. The fourth-order valence-corrected chi connectivity index (χ4v) is 2.82. The number of piperidine rings is 1. The largest absolute Gasteiger partial charge is 0.393 e. The highest BCUT2D eigenvalue weighted by Crippen LogP contribution is 2.17. The second kappa shape index (κ2) is 6.50. The molecule has 0 aromatic heterocycles. The Hall–Kier alpha value is -0.650. The number of nitrogens with one attached hydrogen (secondary N) is 1. The summed E-state index contributed by atoms with van der Waals surface area (Å²) in [6, 6.07) is 0.634. The lowest BCUT2D eigenvalue weighted by Crippen LogP contribution is -2.46. The van der Waals surface area contributed by atoms with Gasteiger partial charge >= 0.3 is 0 Å². The van der Waals surface area contributed by atoms with Gasteiger partial charge in [-0.15, -0.1) is 0 Å². The molecule has 5 heteroatoms. The summed E-state index contributed by atoms with van der Waals surface area (Å²) in [6.45, 7) is 2.11. The lowest BCUT2D eigenvalue weighted by atomic mass is 9.92. The van der Waals surface area contributed by atoms with Gasteiger partial charge < -0.3 is 16.2 Å². The first kappa shape index (κ1) is 13.8. The van der Waals surface area contributed by atoms with E-state index in [1.807, 2.05) is 0 Å². The van der Waals surface area contributed by atoms with Crippen LogP contribution in [0.5, 0.6) is 0 Å². The highest BCUT2D eigenvalue weighted by molar-refractivity contribution is 5.78. The molecule has 0 aromatic rings. The molecule has 0 radical (unpaired) electrons. The quantitative estimate of drug-likeness (QED) is 0.654. The van der Waals surface area contributed by atoms with E-state index in [-0.39, 0.29) is 12.0 Å². The number of hydrogen-bond donors (Lipinski definition) is 3. The molecule has 1 heterocycles. The van der Waals surface area contributed by atoms with Gasteiger partial charge in [0.2, 0.25) is 5.91 Å². The van der Waals surface area contributed by atoms with Crippen LogP contribution in [0.1, 0.15) is 38.5 Å². The molecule has 1 aliphatic carbocycles. The molecule has 1 amide bonds. The first-order valence-electron chi connectivity index (χ1n) is 7.09. The average molecular weight is 255 g/mol. The van der Waals surface area contributed by atoms with E-state index in [1.54, 1.807) is 0 Å². The number of aliphatic hydroxyl groups excluding tert-OH is 1. The first-order chi connectivity index (χ1) is 8.63. The summed E-state index contributed by atoms with van der Waals surface area (Å²) in [7, 11) is 0. The number of nitrogens with two attached hydrogens (primary N) is 1. The van der Waals surface area contributed by atoms with Gasteiger partial charge in [-0.25, -0.2) is 0 Å². The number of hydrogen-bond acceptors (Lipinski definition) is 4. The molecule has 1 aliphatic heterocycles. The van der Waals surface area contributed by atoms with Crippen LogP contribution in [0, 0.1) is 0 Å². The Kier molecular flexibility index (Phi) is 4.97. The van der Waals surface area contributed by atoms with Crippen LogP contribution in [0.2, 0.25) is 0 Å². The standard InChI is InChI=1S/C13H25N3O2/c14-10-1-3-11(4-2-10)15-13(18)9-16-7-5-12(17)6-8-16/h10-12,17H,1-9,14H2,(H,15,18)/t10-,11-. The van der Waals surface area contributed by atoms with Crippen molar-refractivity contribution in [2.75, 3.05) is 19.6 Å². The molecule has 0 unspecified atom stereocenters. The van der Waals surface area contributed by atoms with Gasteiger partial charge in [-0.2, -0.15) is 0 Å². The van der Waals surface area contributed by atoms with E-state index in [9.17, 15) is 9.90 Å². The molecule has 1 saturated heterocycles. The molecule has 5 nitrogen and oxygen atoms in total. The first-order valence-corrected chi connectivity index (χ1v) is 7.09. The maximum absolute atomic E-state index is 11.9. The third-order valence-corrected chi connectivity index (χ3v) is 4.06. The van der Waals surface area contributed by atoms with Gasteiger partial charge in [-0.1, -0.05) is 0 Å². The zero-order chi connectivity index (χ0) is 13.0. The Bertz CT molecular complexity index is 243. The van der Waals surface area contributed by atoms with Crippen molar-refractivity contribution in [3.63, 3.8) is 0 Å². The Balaban J connectivity index is 1.66. The van der Waals surface area contributed by atoms with Crippen molar-refractivity contribution in [1.82, 2.24) is 10.2 Å². The van der Waals surface area contributed by atoms with Crippen molar-refractivity contribution in [3.8, 4) is 0 Å². The molecule has 4 N–H and O–H groups in total. The fraction of sp³-hybridized carbons (Fsp3) is 0.923. The van der Waals surface area contributed by atoms with Gasteiger partial charge in [0.05, 0.1) is 12.6 Å². The van der Waals surface area contributed by atoms with E-state index in [2.05, 4.69) is 10.2 Å². The predicted molar refractivity (Wildman–Crippen MR) is 70.1 cm³/mol. The molecule has 0 spiro atoms. The molecule has 2 aliphatic rings. The summed E-state index contributed by atoms with van der Waals surface area (Å²) in [5.41, 5.74) is 5.85. The smallest absolute Gasteiger partial charge is 0.234 e. The number of amides is 1. The number of rotatable bonds is 3. The molecule has 104 valence electrons. The molecular weight excluding hydrogens is 230 g/mol. The summed E-state index contributed by atoms with van der Waals surface area (Å²) in [6.07, 6.45) is 5.43. The van der Waals surface area contributed by atoms with Crippen LogP contribution in [0.15, 0.2) is 0 Å². The molecule has 2 fully saturated rings. The number of carbonyl (C=O) groups is 1. The highest BCUT2D eigenvalue weighted by Gasteiger charge is 2.22. The predicted octanol–water partition coefficient (Wildman–Crippen LogP) is -0.171. The monoisotopic (exact) mass is 255 g/mol. The molecule has 0 bridgehead atoms. The highest BCUT2D eigenvalue weighted by atomic mass is 16.3. The molecule has 2 rings (SSSR count). The van der Waals surface area contributed by atoms with Gasteiger partial charge in [-0.05, 0) is 38.5 Å². The van der Waals surface area contributed by atoms with Crippen molar-refractivity contribution in [2.24, 2.45) is 5.73 Å². The Morgan fingerprint density at radius 2 is 1.78 bits per heavy atom. The van der Waals surface area contributed by atoms with Crippen LogP contribution >= 0.6 is 0 Å². The molecule has 1 saturated carbocycles. The molecular formula is C13H25N3O2. The minimum atomic E-state index is -0.177. The van der Waals surface area contributed by atoms with Crippen LogP contribution in [-0.2, 0) is 4.79 Å².